The van der Waals surface area contributed by atoms with Gasteiger partial charge < -0.3 is 15.7 Å². The first-order valence-electron chi connectivity index (χ1n) is 12.5. The number of aliphatic hydroxyl groups excluding tert-OH is 1. The number of nitrogens with one attached hydrogen (secondary N) is 1. The van der Waals surface area contributed by atoms with E-state index in [-0.39, 0.29) is 33.1 Å². The Balaban J connectivity index is 1.76. The number of carbonyl (C=O) groups is 1. The lowest BCUT2D eigenvalue weighted by atomic mass is 9.70. The maximum absolute atomic E-state index is 13.4. The average molecular weight is 516 g/mol. The SMILES string of the molecule is CC1CCN(c2nc(C3CC(C)(C)CCC3O)ccc2C(=O)NS(=O)(=O)c2cccnc2N)C1(C)C. The Bertz CT molecular complexity index is 1260. The topological polar surface area (TPSA) is 139 Å². The monoisotopic (exact) mass is 515 g/mol. The van der Waals surface area contributed by atoms with Gasteiger partial charge >= 0.3 is 0 Å². The van der Waals surface area contributed by atoms with E-state index in [9.17, 15) is 18.3 Å². The molecule has 4 rings (SSSR count). The molecule has 10 heteroatoms. The third-order valence-corrected chi connectivity index (χ3v) is 9.51. The molecule has 2 fully saturated rings. The van der Waals surface area contributed by atoms with Crippen LogP contribution in [0.15, 0.2) is 35.4 Å². The second-order valence-electron chi connectivity index (χ2n) is 11.5. The molecule has 196 valence electrons. The third kappa shape index (κ3) is 4.93. The number of rotatable bonds is 5. The number of nitrogens with two attached hydrogens (primary N) is 1. The van der Waals surface area contributed by atoms with Crippen LogP contribution in [0.1, 0.15) is 82.3 Å². The molecule has 2 aliphatic rings. The van der Waals surface area contributed by atoms with Gasteiger partial charge in [0, 0.05) is 29.9 Å². The highest BCUT2D eigenvalue weighted by Gasteiger charge is 2.42. The van der Waals surface area contributed by atoms with Gasteiger partial charge in [-0.3, -0.25) is 4.79 Å². The molecule has 1 aliphatic carbocycles. The van der Waals surface area contributed by atoms with Gasteiger partial charge in [-0.25, -0.2) is 23.1 Å². The number of amides is 1. The molecule has 2 aromatic rings. The van der Waals surface area contributed by atoms with E-state index >= 15 is 0 Å². The highest BCUT2D eigenvalue weighted by atomic mass is 32.2. The van der Waals surface area contributed by atoms with Gasteiger partial charge in [-0.15, -0.1) is 0 Å². The Morgan fingerprint density at radius 3 is 2.56 bits per heavy atom. The zero-order valence-corrected chi connectivity index (χ0v) is 22.5. The minimum Gasteiger partial charge on any atom is -0.392 e. The van der Waals surface area contributed by atoms with Crippen molar-refractivity contribution in [3.63, 3.8) is 0 Å². The largest absolute Gasteiger partial charge is 0.392 e. The molecule has 3 atom stereocenters. The highest BCUT2D eigenvalue weighted by Crippen LogP contribution is 2.44. The molecule has 1 saturated heterocycles. The van der Waals surface area contributed by atoms with Crippen LogP contribution >= 0.6 is 0 Å². The maximum Gasteiger partial charge on any atom is 0.268 e. The summed E-state index contributed by atoms with van der Waals surface area (Å²) in [6.07, 6.45) is 4.19. The van der Waals surface area contributed by atoms with Crippen LogP contribution in [-0.4, -0.2) is 47.6 Å². The first-order valence-corrected chi connectivity index (χ1v) is 14.0. The van der Waals surface area contributed by atoms with Crippen LogP contribution in [0.3, 0.4) is 0 Å². The maximum atomic E-state index is 13.4. The van der Waals surface area contributed by atoms with E-state index in [1.807, 2.05) is 0 Å². The molecule has 1 aliphatic heterocycles. The lowest BCUT2D eigenvalue weighted by Gasteiger charge is -2.40. The van der Waals surface area contributed by atoms with Crippen LogP contribution in [0.5, 0.6) is 0 Å². The van der Waals surface area contributed by atoms with Gasteiger partial charge in [0.1, 0.15) is 16.5 Å². The number of aromatic nitrogens is 2. The Labute approximate surface area is 213 Å². The van der Waals surface area contributed by atoms with E-state index in [2.05, 4.69) is 49.2 Å². The molecule has 3 unspecified atom stereocenters. The van der Waals surface area contributed by atoms with Crippen LogP contribution in [0.2, 0.25) is 0 Å². The predicted molar refractivity (Wildman–Crippen MR) is 139 cm³/mol. The van der Waals surface area contributed by atoms with E-state index < -0.39 is 22.0 Å². The smallest absolute Gasteiger partial charge is 0.268 e. The normalized spacial score (nSPS) is 25.5. The fourth-order valence-corrected chi connectivity index (χ4v) is 6.45. The summed E-state index contributed by atoms with van der Waals surface area (Å²) in [5, 5.41) is 10.8. The molecule has 0 radical (unpaired) electrons. The summed E-state index contributed by atoms with van der Waals surface area (Å²) in [5.74, 6) is -0.352. The van der Waals surface area contributed by atoms with Crippen LogP contribution in [-0.2, 0) is 10.0 Å². The molecule has 3 heterocycles. The van der Waals surface area contributed by atoms with Crippen molar-refractivity contribution in [2.24, 2.45) is 11.3 Å². The van der Waals surface area contributed by atoms with Crippen LogP contribution < -0.4 is 15.4 Å². The van der Waals surface area contributed by atoms with Crippen molar-refractivity contribution in [2.45, 2.75) is 82.8 Å². The number of pyridine rings is 2. The quantitative estimate of drug-likeness (QED) is 0.550. The van der Waals surface area contributed by atoms with E-state index in [0.717, 1.165) is 25.0 Å². The number of hydrogen-bond acceptors (Lipinski definition) is 8. The Morgan fingerprint density at radius 1 is 1.19 bits per heavy atom. The lowest BCUT2D eigenvalue weighted by molar-refractivity contribution is 0.0549. The van der Waals surface area contributed by atoms with Gasteiger partial charge in [0.15, 0.2) is 0 Å². The number of hydrogen-bond donors (Lipinski definition) is 3. The van der Waals surface area contributed by atoms with Crippen molar-refractivity contribution >= 4 is 27.6 Å². The van der Waals surface area contributed by atoms with Crippen molar-refractivity contribution in [2.75, 3.05) is 17.2 Å². The average Bonchev–Trinajstić information content (AvgIpc) is 3.07. The van der Waals surface area contributed by atoms with E-state index in [0.29, 0.717) is 24.7 Å². The van der Waals surface area contributed by atoms with Gasteiger partial charge in [-0.1, -0.05) is 20.8 Å². The molecule has 2 aromatic heterocycles. The molecular formula is C26H37N5O4S. The summed E-state index contributed by atoms with van der Waals surface area (Å²) in [4.78, 5) is 24.0. The first-order chi connectivity index (χ1) is 16.7. The molecule has 0 bridgehead atoms. The zero-order valence-electron chi connectivity index (χ0n) is 21.7. The summed E-state index contributed by atoms with van der Waals surface area (Å²) < 4.78 is 28.1. The first kappa shape index (κ1) is 26.3. The van der Waals surface area contributed by atoms with Gasteiger partial charge in [-0.2, -0.15) is 0 Å². The summed E-state index contributed by atoms with van der Waals surface area (Å²) >= 11 is 0. The molecule has 36 heavy (non-hydrogen) atoms. The fraction of sp³-hybridized carbons (Fsp3) is 0.577. The van der Waals surface area contributed by atoms with Crippen molar-refractivity contribution < 1.29 is 18.3 Å². The third-order valence-electron chi connectivity index (χ3n) is 8.13. The molecular weight excluding hydrogens is 478 g/mol. The summed E-state index contributed by atoms with van der Waals surface area (Å²) in [6.45, 7) is 11.4. The number of anilines is 2. The number of sulfonamides is 1. The Hall–Kier alpha value is -2.72. The van der Waals surface area contributed by atoms with E-state index in [4.69, 9.17) is 10.7 Å². The van der Waals surface area contributed by atoms with Crippen molar-refractivity contribution in [3.05, 3.63) is 41.7 Å². The van der Waals surface area contributed by atoms with Gasteiger partial charge in [-0.05, 0) is 75.1 Å². The Kier molecular flexibility index (Phi) is 6.81. The second-order valence-corrected chi connectivity index (χ2v) is 13.2. The second kappa shape index (κ2) is 9.30. The molecule has 1 saturated carbocycles. The molecule has 0 aromatic carbocycles. The number of nitrogen functional groups attached to an aromatic ring is 1. The van der Waals surface area contributed by atoms with Crippen LogP contribution in [0.25, 0.3) is 0 Å². The van der Waals surface area contributed by atoms with Crippen molar-refractivity contribution in [1.29, 1.82) is 0 Å². The molecule has 1 amide bonds. The Morgan fingerprint density at radius 2 is 1.92 bits per heavy atom. The minimum absolute atomic E-state index is 0.0704. The fourth-order valence-electron chi connectivity index (χ4n) is 5.40. The summed E-state index contributed by atoms with van der Waals surface area (Å²) in [5.41, 5.74) is 6.41. The van der Waals surface area contributed by atoms with Crippen LogP contribution in [0.4, 0.5) is 11.6 Å². The zero-order chi connectivity index (χ0) is 26.5. The predicted octanol–water partition coefficient (Wildman–Crippen LogP) is 3.46. The van der Waals surface area contributed by atoms with Gasteiger partial charge in [0.2, 0.25) is 0 Å². The highest BCUT2D eigenvalue weighted by molar-refractivity contribution is 7.90. The van der Waals surface area contributed by atoms with Gasteiger partial charge in [0.05, 0.1) is 11.7 Å². The van der Waals surface area contributed by atoms with E-state index in [1.54, 1.807) is 12.1 Å². The summed E-state index contributed by atoms with van der Waals surface area (Å²) in [6, 6.07) is 6.12. The lowest BCUT2D eigenvalue weighted by Crippen LogP contribution is -2.44. The molecule has 4 N–H and O–H groups in total. The van der Waals surface area contributed by atoms with E-state index in [1.165, 1.54) is 18.3 Å². The standard InChI is InChI=1S/C26H37N5O4S/c1-16-11-14-31(26(16,4)5)23-17(24(33)30-36(34,35)21-7-6-13-28-22(21)27)8-9-19(29-23)18-15-25(2,3)12-10-20(18)32/h6-9,13,16,18,20,32H,10-12,14-15H2,1-5H3,(H2,27,28)(H,30,33). The number of nitrogens with zero attached hydrogens (tertiary/aromatic N) is 3. The van der Waals surface area contributed by atoms with Gasteiger partial charge in [0.25, 0.3) is 15.9 Å². The summed E-state index contributed by atoms with van der Waals surface area (Å²) in [7, 11) is -4.25. The number of aliphatic hydroxyl groups is 1. The minimum atomic E-state index is -4.25. The van der Waals surface area contributed by atoms with Crippen molar-refractivity contribution in [1.82, 2.24) is 14.7 Å². The van der Waals surface area contributed by atoms with Crippen LogP contribution in [0, 0.1) is 11.3 Å². The molecule has 9 nitrogen and oxygen atoms in total. The molecule has 0 spiro atoms. The number of carbonyl (C=O) groups excluding carboxylic acids is 1. The van der Waals surface area contributed by atoms with Crippen molar-refractivity contribution in [3.8, 4) is 0 Å².